The number of likely N-dealkylation sites (N-methyl/N-ethyl adjacent to an activating group) is 1. The lowest BCUT2D eigenvalue weighted by Crippen LogP contribution is -2.23. The van der Waals surface area contributed by atoms with Crippen molar-refractivity contribution in [1.82, 2.24) is 4.90 Å². The first-order chi connectivity index (χ1) is 16.3. The summed E-state index contributed by atoms with van der Waals surface area (Å²) < 4.78 is 20.6. The fourth-order valence-corrected chi connectivity index (χ4v) is 4.50. The predicted molar refractivity (Wildman–Crippen MR) is 134 cm³/mol. The van der Waals surface area contributed by atoms with Crippen LogP contribution in [-0.4, -0.2) is 34.1 Å². The van der Waals surface area contributed by atoms with Crippen LogP contribution in [-0.2, 0) is 11.4 Å². The van der Waals surface area contributed by atoms with E-state index in [1.54, 1.807) is 55.6 Å². The molecule has 172 valence electrons. The van der Waals surface area contributed by atoms with E-state index in [2.05, 4.69) is 20.9 Å². The monoisotopic (exact) mass is 540 g/mol. The van der Waals surface area contributed by atoms with E-state index >= 15 is 0 Å². The minimum absolute atomic E-state index is 0.0398. The van der Waals surface area contributed by atoms with Crippen molar-refractivity contribution in [2.24, 2.45) is 4.99 Å². The first-order valence-electron chi connectivity index (χ1n) is 10.1. The fraction of sp³-hybridized carbons (Fsp3) is 0.0800. The summed E-state index contributed by atoms with van der Waals surface area (Å²) in [7, 11) is 1.60. The van der Waals surface area contributed by atoms with E-state index in [0.717, 1.165) is 4.47 Å². The summed E-state index contributed by atoms with van der Waals surface area (Å²) in [5.74, 6) is -1.16. The van der Waals surface area contributed by atoms with E-state index in [1.165, 1.54) is 34.9 Å². The van der Waals surface area contributed by atoms with Gasteiger partial charge in [0.2, 0.25) is 0 Å². The number of hydrogen-bond donors (Lipinski definition) is 1. The number of aliphatic imine (C=N–C) groups is 1. The number of benzene rings is 3. The average molecular weight is 541 g/mol. The second kappa shape index (κ2) is 10.2. The van der Waals surface area contributed by atoms with Crippen LogP contribution in [0, 0.1) is 5.82 Å². The number of halogens is 2. The van der Waals surface area contributed by atoms with E-state index in [9.17, 15) is 19.1 Å². The van der Waals surface area contributed by atoms with E-state index < -0.39 is 5.97 Å². The van der Waals surface area contributed by atoms with Crippen LogP contribution in [0.1, 0.15) is 21.5 Å². The minimum atomic E-state index is -1.05. The van der Waals surface area contributed by atoms with Gasteiger partial charge in [-0.15, -0.1) is 0 Å². The number of aromatic carboxylic acids is 1. The fourth-order valence-electron chi connectivity index (χ4n) is 3.15. The Hall–Kier alpha value is -3.43. The highest BCUT2D eigenvalue weighted by Gasteiger charge is 2.30. The molecular formula is C25H18BrFN2O4S. The number of carboxylic acid groups (broad SMARTS) is 1. The number of carbonyl (C=O) groups is 2. The second-order valence-corrected chi connectivity index (χ2v) is 9.21. The van der Waals surface area contributed by atoms with Crippen molar-refractivity contribution in [3.8, 4) is 5.75 Å². The molecule has 0 aromatic heterocycles. The molecule has 0 spiro atoms. The summed E-state index contributed by atoms with van der Waals surface area (Å²) in [6, 6.07) is 17.9. The number of thioether (sulfide) groups is 1. The molecule has 1 heterocycles. The molecule has 34 heavy (non-hydrogen) atoms. The molecular weight excluding hydrogens is 523 g/mol. The third-order valence-corrected chi connectivity index (χ3v) is 6.47. The molecule has 1 amide bonds. The Bertz CT molecular complexity index is 1340. The Morgan fingerprint density at radius 1 is 1.18 bits per heavy atom. The van der Waals surface area contributed by atoms with Gasteiger partial charge in [0.25, 0.3) is 5.91 Å². The first-order valence-corrected chi connectivity index (χ1v) is 11.7. The highest BCUT2D eigenvalue weighted by molar-refractivity contribution is 9.10. The quantitative estimate of drug-likeness (QED) is 0.382. The zero-order valence-corrected chi connectivity index (χ0v) is 20.3. The summed E-state index contributed by atoms with van der Waals surface area (Å²) in [4.78, 5) is 30.4. The Kier molecular flexibility index (Phi) is 7.14. The van der Waals surface area contributed by atoms with Crippen molar-refractivity contribution in [3.05, 3.63) is 98.6 Å². The van der Waals surface area contributed by atoms with Crippen LogP contribution in [0.4, 0.5) is 10.1 Å². The van der Waals surface area contributed by atoms with Gasteiger partial charge < -0.3 is 9.84 Å². The zero-order valence-electron chi connectivity index (χ0n) is 17.9. The zero-order chi connectivity index (χ0) is 24.2. The van der Waals surface area contributed by atoms with Gasteiger partial charge in [-0.1, -0.05) is 40.2 Å². The highest BCUT2D eigenvalue weighted by Crippen LogP contribution is 2.35. The van der Waals surface area contributed by atoms with Gasteiger partial charge in [0.05, 0.1) is 16.2 Å². The lowest BCUT2D eigenvalue weighted by molar-refractivity contribution is -0.121. The molecule has 3 aromatic rings. The van der Waals surface area contributed by atoms with Crippen LogP contribution in [0.2, 0.25) is 0 Å². The van der Waals surface area contributed by atoms with Crippen molar-refractivity contribution in [3.63, 3.8) is 0 Å². The van der Waals surface area contributed by atoms with E-state index in [4.69, 9.17) is 4.74 Å². The van der Waals surface area contributed by atoms with Crippen LogP contribution in [0.15, 0.2) is 81.1 Å². The van der Waals surface area contributed by atoms with Gasteiger partial charge in [-0.3, -0.25) is 9.69 Å². The maximum atomic E-state index is 14.0. The van der Waals surface area contributed by atoms with Crippen molar-refractivity contribution >= 4 is 56.5 Å². The van der Waals surface area contributed by atoms with Crippen LogP contribution in [0.3, 0.4) is 0 Å². The molecule has 0 bridgehead atoms. The Morgan fingerprint density at radius 2 is 1.97 bits per heavy atom. The first kappa shape index (κ1) is 23.7. The molecule has 9 heteroatoms. The van der Waals surface area contributed by atoms with Gasteiger partial charge in [-0.2, -0.15) is 0 Å². The van der Waals surface area contributed by atoms with E-state index in [-0.39, 0.29) is 23.9 Å². The molecule has 0 aliphatic carbocycles. The lowest BCUT2D eigenvalue weighted by atomic mass is 10.1. The van der Waals surface area contributed by atoms with Gasteiger partial charge in [-0.05, 0) is 60.3 Å². The number of ether oxygens (including phenoxy) is 1. The van der Waals surface area contributed by atoms with Gasteiger partial charge in [-0.25, -0.2) is 14.2 Å². The number of hydrogen-bond acceptors (Lipinski definition) is 5. The SMILES string of the molecule is CN1C(=O)C(=Cc2cc(Br)ccc2OCc2ccccc2F)SC1=Nc1cccc(C(=O)O)c1. The van der Waals surface area contributed by atoms with Crippen molar-refractivity contribution in [2.45, 2.75) is 6.61 Å². The summed E-state index contributed by atoms with van der Waals surface area (Å²) in [5, 5.41) is 9.61. The molecule has 1 N–H and O–H groups in total. The Balaban J connectivity index is 1.61. The normalized spacial score (nSPS) is 15.9. The number of carboxylic acids is 1. The van der Waals surface area contributed by atoms with Gasteiger partial charge in [0.1, 0.15) is 18.2 Å². The third kappa shape index (κ3) is 5.37. The Labute approximate surface area is 207 Å². The van der Waals surface area contributed by atoms with Crippen molar-refractivity contribution < 1.29 is 23.8 Å². The Morgan fingerprint density at radius 3 is 2.74 bits per heavy atom. The molecule has 1 saturated heterocycles. The minimum Gasteiger partial charge on any atom is -0.488 e. The number of carbonyl (C=O) groups excluding carboxylic acids is 1. The maximum absolute atomic E-state index is 14.0. The number of amidine groups is 1. The molecule has 0 saturated carbocycles. The van der Waals surface area contributed by atoms with Crippen LogP contribution < -0.4 is 4.74 Å². The largest absolute Gasteiger partial charge is 0.488 e. The number of nitrogens with zero attached hydrogens (tertiary/aromatic N) is 2. The maximum Gasteiger partial charge on any atom is 0.335 e. The average Bonchev–Trinajstić information content (AvgIpc) is 3.07. The summed E-state index contributed by atoms with van der Waals surface area (Å²) in [6.45, 7) is 0.0398. The van der Waals surface area contributed by atoms with Crippen molar-refractivity contribution in [1.29, 1.82) is 0 Å². The molecule has 6 nitrogen and oxygen atoms in total. The van der Waals surface area contributed by atoms with E-state index in [0.29, 0.717) is 32.6 Å². The molecule has 0 radical (unpaired) electrons. The van der Waals surface area contributed by atoms with Crippen molar-refractivity contribution in [2.75, 3.05) is 7.05 Å². The second-order valence-electron chi connectivity index (χ2n) is 7.29. The van der Waals surface area contributed by atoms with Gasteiger partial charge in [0.15, 0.2) is 5.17 Å². The molecule has 1 fully saturated rings. The van der Waals surface area contributed by atoms with Gasteiger partial charge in [0, 0.05) is 22.6 Å². The van der Waals surface area contributed by atoms with Crippen LogP contribution >= 0.6 is 27.7 Å². The topological polar surface area (TPSA) is 79.2 Å². The molecule has 1 aliphatic rings. The number of rotatable bonds is 6. The summed E-state index contributed by atoms with van der Waals surface area (Å²) in [6.07, 6.45) is 1.70. The standard InChI is InChI=1S/C25H18BrFN2O4S/c1-29-23(30)22(34-25(29)28-19-7-4-6-15(12-19)24(31)32)13-17-11-18(26)9-10-21(17)33-14-16-5-2-3-8-20(16)27/h2-13H,14H2,1H3,(H,31,32). The molecule has 1 aliphatic heterocycles. The summed E-state index contributed by atoms with van der Waals surface area (Å²) in [5.41, 5.74) is 1.61. The highest BCUT2D eigenvalue weighted by atomic mass is 79.9. The van der Waals surface area contributed by atoms with Gasteiger partial charge >= 0.3 is 5.97 Å². The molecule has 4 rings (SSSR count). The molecule has 0 atom stereocenters. The predicted octanol–water partition coefficient (Wildman–Crippen LogP) is 6.10. The smallest absolute Gasteiger partial charge is 0.335 e. The van der Waals surface area contributed by atoms with Crippen LogP contribution in [0.5, 0.6) is 5.75 Å². The van der Waals surface area contributed by atoms with Crippen LogP contribution in [0.25, 0.3) is 6.08 Å². The lowest BCUT2D eigenvalue weighted by Gasteiger charge is -2.11. The molecule has 3 aromatic carbocycles. The third-order valence-electron chi connectivity index (χ3n) is 4.92. The summed E-state index contributed by atoms with van der Waals surface area (Å²) >= 11 is 4.61. The molecule has 0 unspecified atom stereocenters. The number of amides is 1. The van der Waals surface area contributed by atoms with E-state index in [1.807, 2.05) is 6.07 Å².